The van der Waals surface area contributed by atoms with Gasteiger partial charge in [0.15, 0.2) is 0 Å². The molecule has 0 saturated carbocycles. The summed E-state index contributed by atoms with van der Waals surface area (Å²) in [4.78, 5) is 6.56. The maximum absolute atomic E-state index is 5.87. The van der Waals surface area contributed by atoms with E-state index in [0.29, 0.717) is 11.9 Å². The lowest BCUT2D eigenvalue weighted by molar-refractivity contribution is 0.762. The highest BCUT2D eigenvalue weighted by molar-refractivity contribution is 8.00. The van der Waals surface area contributed by atoms with Crippen molar-refractivity contribution < 1.29 is 0 Å². The highest BCUT2D eigenvalue weighted by Gasteiger charge is 2.39. The van der Waals surface area contributed by atoms with E-state index in [-0.39, 0.29) is 0 Å². The van der Waals surface area contributed by atoms with Crippen LogP contribution < -0.4 is 10.6 Å². The third-order valence-electron chi connectivity index (χ3n) is 3.03. The number of nitrogens with zero attached hydrogens (tertiary/aromatic N) is 2. The zero-order chi connectivity index (χ0) is 9.54. The quantitative estimate of drug-likeness (QED) is 0.755. The highest BCUT2D eigenvalue weighted by Crippen LogP contribution is 2.41. The van der Waals surface area contributed by atoms with Gasteiger partial charge in [0.05, 0.1) is 5.69 Å². The van der Waals surface area contributed by atoms with Gasteiger partial charge in [-0.25, -0.2) is 4.98 Å². The Morgan fingerprint density at radius 2 is 2.50 bits per heavy atom. The third-order valence-corrected chi connectivity index (χ3v) is 4.42. The Morgan fingerprint density at radius 3 is 3.14 bits per heavy atom. The molecule has 74 valence electrons. The Hall–Kier alpha value is -0.900. The second kappa shape index (κ2) is 3.05. The molecule has 0 aliphatic carbocycles. The first-order valence-electron chi connectivity index (χ1n) is 4.93. The molecule has 1 aromatic rings. The molecule has 14 heavy (non-hydrogen) atoms. The predicted octanol–water partition coefficient (Wildman–Crippen LogP) is 1.36. The van der Waals surface area contributed by atoms with Crippen molar-refractivity contribution in [3.8, 4) is 0 Å². The van der Waals surface area contributed by atoms with E-state index < -0.39 is 0 Å². The number of thioether (sulfide) groups is 1. The summed E-state index contributed by atoms with van der Waals surface area (Å²) in [6, 6.07) is 4.73. The number of hydrogen-bond acceptors (Lipinski definition) is 4. The molecule has 3 rings (SSSR count). The maximum atomic E-state index is 5.87. The molecule has 2 bridgehead atoms. The van der Waals surface area contributed by atoms with E-state index in [0.717, 1.165) is 17.5 Å². The summed E-state index contributed by atoms with van der Waals surface area (Å²) >= 11 is 2.09. The van der Waals surface area contributed by atoms with E-state index in [1.807, 2.05) is 6.07 Å². The van der Waals surface area contributed by atoms with Gasteiger partial charge < -0.3 is 10.6 Å². The summed E-state index contributed by atoms with van der Waals surface area (Å²) in [5.74, 6) is 1.92. The first-order valence-corrected chi connectivity index (χ1v) is 5.98. The zero-order valence-corrected chi connectivity index (χ0v) is 8.70. The molecule has 3 heterocycles. The van der Waals surface area contributed by atoms with Crippen molar-refractivity contribution in [2.24, 2.45) is 0 Å². The van der Waals surface area contributed by atoms with E-state index in [4.69, 9.17) is 5.73 Å². The van der Waals surface area contributed by atoms with Gasteiger partial charge >= 0.3 is 0 Å². The first kappa shape index (κ1) is 8.41. The molecule has 2 unspecified atom stereocenters. The molecule has 2 aliphatic heterocycles. The van der Waals surface area contributed by atoms with Crippen LogP contribution >= 0.6 is 11.8 Å². The van der Waals surface area contributed by atoms with Crippen LogP contribution in [0.1, 0.15) is 6.42 Å². The molecule has 2 atom stereocenters. The minimum atomic E-state index is 0.671. The molecule has 2 saturated heterocycles. The maximum Gasteiger partial charge on any atom is 0.146 e. The molecule has 4 heteroatoms. The second-order valence-electron chi connectivity index (χ2n) is 3.90. The number of aromatic nitrogens is 1. The lowest BCUT2D eigenvalue weighted by atomic mass is 10.2. The summed E-state index contributed by atoms with van der Waals surface area (Å²) in [5, 5.41) is 0.819. The van der Waals surface area contributed by atoms with E-state index in [1.54, 1.807) is 6.20 Å². The van der Waals surface area contributed by atoms with Crippen LogP contribution in [-0.2, 0) is 0 Å². The summed E-state index contributed by atoms with van der Waals surface area (Å²) < 4.78 is 0. The smallest absolute Gasteiger partial charge is 0.146 e. The molecule has 1 aromatic heterocycles. The number of nitrogens with two attached hydrogens (primary N) is 1. The molecule has 3 nitrogen and oxygen atoms in total. The first-order chi connectivity index (χ1) is 6.84. The van der Waals surface area contributed by atoms with Gasteiger partial charge in [0, 0.05) is 29.8 Å². The van der Waals surface area contributed by atoms with Crippen molar-refractivity contribution in [2.75, 3.05) is 22.9 Å². The van der Waals surface area contributed by atoms with Crippen molar-refractivity contribution in [3.05, 3.63) is 18.3 Å². The zero-order valence-electron chi connectivity index (χ0n) is 7.89. The fraction of sp³-hybridized carbons (Fsp3) is 0.500. The van der Waals surface area contributed by atoms with Crippen LogP contribution in [0.25, 0.3) is 0 Å². The van der Waals surface area contributed by atoms with Gasteiger partial charge in [-0.15, -0.1) is 0 Å². The van der Waals surface area contributed by atoms with Gasteiger partial charge in [-0.2, -0.15) is 11.8 Å². The number of rotatable bonds is 1. The molecular weight excluding hydrogens is 194 g/mol. The lowest BCUT2D eigenvalue weighted by Crippen LogP contribution is -2.34. The largest absolute Gasteiger partial charge is 0.382 e. The molecule has 0 radical (unpaired) electrons. The molecule has 0 amide bonds. The van der Waals surface area contributed by atoms with E-state index >= 15 is 0 Å². The third kappa shape index (κ3) is 1.17. The monoisotopic (exact) mass is 207 g/mol. The normalized spacial score (nSPS) is 29.9. The average molecular weight is 207 g/mol. The van der Waals surface area contributed by atoms with Gasteiger partial charge in [0.25, 0.3) is 0 Å². The molecular formula is C10H13N3S. The lowest BCUT2D eigenvalue weighted by Gasteiger charge is -2.29. The summed E-state index contributed by atoms with van der Waals surface area (Å²) in [5.41, 5.74) is 7.00. The Kier molecular flexibility index (Phi) is 1.83. The minimum absolute atomic E-state index is 0.671. The summed E-state index contributed by atoms with van der Waals surface area (Å²) in [6.07, 6.45) is 3.07. The molecule has 2 aliphatic rings. The fourth-order valence-corrected chi connectivity index (χ4v) is 3.78. The molecule has 2 N–H and O–H groups in total. The van der Waals surface area contributed by atoms with Gasteiger partial charge in [0.2, 0.25) is 0 Å². The van der Waals surface area contributed by atoms with Crippen LogP contribution in [0, 0.1) is 0 Å². The van der Waals surface area contributed by atoms with Crippen molar-refractivity contribution in [3.63, 3.8) is 0 Å². The van der Waals surface area contributed by atoms with Crippen LogP contribution in [0.5, 0.6) is 0 Å². The topological polar surface area (TPSA) is 42.1 Å². The van der Waals surface area contributed by atoms with Crippen LogP contribution in [-0.4, -0.2) is 28.6 Å². The van der Waals surface area contributed by atoms with E-state index in [2.05, 4.69) is 27.7 Å². The average Bonchev–Trinajstić information content (AvgIpc) is 2.79. The Bertz CT molecular complexity index is 355. The van der Waals surface area contributed by atoms with E-state index in [9.17, 15) is 0 Å². The van der Waals surface area contributed by atoms with Crippen LogP contribution in [0.3, 0.4) is 0 Å². The Balaban J connectivity index is 1.93. The standard InChI is InChI=1S/C10H13N3S/c11-10-9(2-1-3-12-10)13-5-8-4-7(13)6-14-8/h1-3,7-8H,4-6H2,(H2,11,12). The predicted molar refractivity (Wildman–Crippen MR) is 60.6 cm³/mol. The van der Waals surface area contributed by atoms with Gasteiger partial charge in [0.1, 0.15) is 5.82 Å². The fourth-order valence-electron chi connectivity index (χ4n) is 2.35. The van der Waals surface area contributed by atoms with Crippen molar-refractivity contribution in [1.29, 1.82) is 0 Å². The van der Waals surface area contributed by atoms with Gasteiger partial charge in [-0.05, 0) is 18.6 Å². The molecule has 0 aromatic carbocycles. The Morgan fingerprint density at radius 1 is 1.57 bits per heavy atom. The van der Waals surface area contributed by atoms with Crippen LogP contribution in [0.15, 0.2) is 18.3 Å². The number of hydrogen-bond donors (Lipinski definition) is 1. The van der Waals surface area contributed by atoms with Crippen molar-refractivity contribution in [2.45, 2.75) is 17.7 Å². The minimum Gasteiger partial charge on any atom is -0.382 e. The molecule has 0 spiro atoms. The second-order valence-corrected chi connectivity index (χ2v) is 5.24. The van der Waals surface area contributed by atoms with E-state index in [1.165, 1.54) is 12.2 Å². The van der Waals surface area contributed by atoms with Gasteiger partial charge in [-0.1, -0.05) is 0 Å². The SMILES string of the molecule is Nc1ncccc1N1CC2CC1CS2. The summed E-state index contributed by atoms with van der Waals surface area (Å²) in [7, 11) is 0. The van der Waals surface area contributed by atoms with Gasteiger partial charge in [-0.3, -0.25) is 0 Å². The number of anilines is 2. The number of fused-ring (bicyclic) bond motifs is 2. The van der Waals surface area contributed by atoms with Crippen molar-refractivity contribution in [1.82, 2.24) is 4.98 Å². The van der Waals surface area contributed by atoms with Crippen molar-refractivity contribution >= 4 is 23.3 Å². The van der Waals surface area contributed by atoms with Crippen LogP contribution in [0.4, 0.5) is 11.5 Å². The Labute approximate surface area is 87.7 Å². The number of nitrogen functional groups attached to an aromatic ring is 1. The summed E-state index contributed by atoms with van der Waals surface area (Å²) in [6.45, 7) is 1.14. The van der Waals surface area contributed by atoms with Crippen LogP contribution in [0.2, 0.25) is 0 Å². The molecule has 2 fully saturated rings. The highest BCUT2D eigenvalue weighted by atomic mass is 32.2. The number of pyridine rings is 1.